The van der Waals surface area contributed by atoms with Gasteiger partial charge in [0.25, 0.3) is 0 Å². The second-order valence-electron chi connectivity index (χ2n) is 7.47. The first-order chi connectivity index (χ1) is 16.9. The highest BCUT2D eigenvalue weighted by atomic mass is 35.5. The monoisotopic (exact) mass is 578 g/mol. The third kappa shape index (κ3) is 9.42. The zero-order valence-corrected chi connectivity index (χ0v) is 22.6. The molecule has 0 atom stereocenters. The van der Waals surface area contributed by atoms with Crippen molar-refractivity contribution < 1.29 is 32.2 Å². The zero-order chi connectivity index (χ0) is 26.9. The molecule has 0 bridgehead atoms. The van der Waals surface area contributed by atoms with Gasteiger partial charge in [-0.25, -0.2) is 17.9 Å². The maximum absolute atomic E-state index is 12.4. The molecule has 2 amide bonds. The quantitative estimate of drug-likeness (QED) is 0.206. The van der Waals surface area contributed by atoms with E-state index in [2.05, 4.69) is 6.58 Å². The average Bonchev–Trinajstić information content (AvgIpc) is 2.78. The Labute approximate surface area is 224 Å². The number of rotatable bonds is 12. The summed E-state index contributed by atoms with van der Waals surface area (Å²) >= 11 is 18.4. The molecule has 9 nitrogen and oxygen atoms in total. The maximum Gasteiger partial charge on any atom is 0.421 e. The lowest BCUT2D eigenvalue weighted by molar-refractivity contribution is -0.115. The Morgan fingerprint density at radius 2 is 1.64 bits per heavy atom. The first-order valence-corrected chi connectivity index (χ1v) is 13.6. The number of ether oxygens (including phenoxy) is 3. The SMILES string of the molecule is C=C(COC(=O)NS(C)(=O)=O)COc1ccc(N(C(C)=O)c2cc(Cl)c(OCCCCl)c(Cl)c2)cc1. The number of hydrogen-bond donors (Lipinski definition) is 1. The van der Waals surface area contributed by atoms with Crippen molar-refractivity contribution in [3.8, 4) is 11.5 Å². The van der Waals surface area contributed by atoms with Crippen molar-refractivity contribution in [2.24, 2.45) is 0 Å². The Bertz CT molecular complexity index is 1180. The van der Waals surface area contributed by atoms with Crippen LogP contribution in [-0.2, 0) is 19.6 Å². The molecule has 0 saturated carbocycles. The number of benzene rings is 2. The lowest BCUT2D eigenvalue weighted by Crippen LogP contribution is -2.30. The molecule has 196 valence electrons. The number of sulfonamides is 1. The van der Waals surface area contributed by atoms with Crippen molar-refractivity contribution in [3.63, 3.8) is 0 Å². The van der Waals surface area contributed by atoms with E-state index in [0.29, 0.717) is 47.4 Å². The van der Waals surface area contributed by atoms with E-state index in [1.165, 1.54) is 11.8 Å². The Morgan fingerprint density at radius 3 is 2.17 bits per heavy atom. The van der Waals surface area contributed by atoms with E-state index in [0.717, 1.165) is 6.26 Å². The van der Waals surface area contributed by atoms with Crippen LogP contribution in [0.4, 0.5) is 16.2 Å². The molecule has 0 spiro atoms. The van der Waals surface area contributed by atoms with Crippen LogP contribution in [0.1, 0.15) is 13.3 Å². The van der Waals surface area contributed by atoms with Crippen molar-refractivity contribution in [1.82, 2.24) is 4.72 Å². The van der Waals surface area contributed by atoms with Crippen LogP contribution in [0.2, 0.25) is 10.0 Å². The molecule has 36 heavy (non-hydrogen) atoms. The largest absolute Gasteiger partial charge is 0.490 e. The van der Waals surface area contributed by atoms with Gasteiger partial charge >= 0.3 is 6.09 Å². The summed E-state index contributed by atoms with van der Waals surface area (Å²) < 4.78 is 39.6. The van der Waals surface area contributed by atoms with Gasteiger partial charge in [0.1, 0.15) is 19.0 Å². The summed E-state index contributed by atoms with van der Waals surface area (Å²) in [6.45, 7) is 5.26. The van der Waals surface area contributed by atoms with E-state index in [-0.39, 0.29) is 29.2 Å². The molecule has 0 aliphatic carbocycles. The van der Waals surface area contributed by atoms with Crippen LogP contribution >= 0.6 is 34.8 Å². The van der Waals surface area contributed by atoms with Crippen LogP contribution in [0.15, 0.2) is 48.6 Å². The molecule has 2 rings (SSSR count). The van der Waals surface area contributed by atoms with Gasteiger partial charge in [0.2, 0.25) is 15.9 Å². The molecule has 2 aromatic rings. The number of nitrogens with zero attached hydrogens (tertiary/aromatic N) is 1. The number of nitrogens with one attached hydrogen (secondary N) is 1. The predicted octanol–water partition coefficient (Wildman–Crippen LogP) is 5.31. The van der Waals surface area contributed by atoms with E-state index >= 15 is 0 Å². The minimum Gasteiger partial charge on any atom is -0.490 e. The van der Waals surface area contributed by atoms with E-state index in [1.807, 2.05) is 0 Å². The molecule has 0 heterocycles. The highest BCUT2D eigenvalue weighted by molar-refractivity contribution is 7.89. The van der Waals surface area contributed by atoms with E-state index < -0.39 is 16.1 Å². The first kappa shape index (κ1) is 29.6. The van der Waals surface area contributed by atoms with Crippen molar-refractivity contribution in [1.29, 1.82) is 0 Å². The predicted molar refractivity (Wildman–Crippen MR) is 141 cm³/mol. The summed E-state index contributed by atoms with van der Waals surface area (Å²) in [6, 6.07) is 9.79. The van der Waals surface area contributed by atoms with Gasteiger partial charge in [-0.1, -0.05) is 29.8 Å². The van der Waals surface area contributed by atoms with Crippen molar-refractivity contribution in [2.45, 2.75) is 13.3 Å². The van der Waals surface area contributed by atoms with E-state index in [9.17, 15) is 18.0 Å². The number of carbonyl (C=O) groups excluding carboxylic acids is 2. The van der Waals surface area contributed by atoms with Crippen molar-refractivity contribution in [3.05, 3.63) is 58.6 Å². The first-order valence-electron chi connectivity index (χ1n) is 10.4. The summed E-state index contributed by atoms with van der Waals surface area (Å²) in [5.74, 6) is 0.945. The molecule has 2 aromatic carbocycles. The van der Waals surface area contributed by atoms with E-state index in [4.69, 9.17) is 49.0 Å². The molecule has 0 fully saturated rings. The van der Waals surface area contributed by atoms with Crippen LogP contribution in [0.5, 0.6) is 11.5 Å². The van der Waals surface area contributed by atoms with Gasteiger partial charge in [-0.2, -0.15) is 0 Å². The second-order valence-corrected chi connectivity index (χ2v) is 10.4. The van der Waals surface area contributed by atoms with Gasteiger partial charge in [0.05, 0.1) is 28.6 Å². The molecule has 1 N–H and O–H groups in total. The maximum atomic E-state index is 12.4. The summed E-state index contributed by atoms with van der Waals surface area (Å²) in [7, 11) is -3.71. The molecule has 13 heteroatoms. The second kappa shape index (κ2) is 13.6. The minimum atomic E-state index is -3.71. The number of hydrogen-bond acceptors (Lipinski definition) is 7. The fraction of sp³-hybridized carbons (Fsp3) is 0.304. The molecule has 0 aromatic heterocycles. The third-order valence-corrected chi connectivity index (χ3v) is 5.66. The number of halogens is 3. The summed E-state index contributed by atoms with van der Waals surface area (Å²) in [5, 5.41) is 0.508. The van der Waals surface area contributed by atoms with Crippen LogP contribution in [0.3, 0.4) is 0 Å². The lowest BCUT2D eigenvalue weighted by atomic mass is 10.2. The topological polar surface area (TPSA) is 111 Å². The molecule has 0 aliphatic heterocycles. The summed E-state index contributed by atoms with van der Waals surface area (Å²) in [4.78, 5) is 25.2. The average molecular weight is 580 g/mol. The number of carbonyl (C=O) groups is 2. The highest BCUT2D eigenvalue weighted by Gasteiger charge is 2.19. The molecular formula is C23H25Cl3N2O7S. The van der Waals surface area contributed by atoms with Gasteiger partial charge in [-0.15, -0.1) is 11.6 Å². The molecule has 0 unspecified atom stereocenters. The lowest BCUT2D eigenvalue weighted by Gasteiger charge is -2.23. The highest BCUT2D eigenvalue weighted by Crippen LogP contribution is 2.39. The third-order valence-electron chi connectivity index (χ3n) is 4.29. The van der Waals surface area contributed by atoms with Crippen LogP contribution in [-0.4, -0.2) is 52.4 Å². The van der Waals surface area contributed by atoms with Gasteiger partial charge < -0.3 is 14.2 Å². The number of amides is 2. The van der Waals surface area contributed by atoms with Gasteiger partial charge in [-0.05, 0) is 48.4 Å². The standard InChI is InChI=1S/C23H25Cl3N2O7S/c1-15(14-35-23(30)27-36(3,31)32)13-34-19-7-5-17(6-8-19)28(16(2)29)18-11-20(25)22(21(26)12-18)33-10-4-9-24/h5-8,11-12H,1,4,9-10,13-14H2,2-3H3,(H,27,30). The molecule has 0 radical (unpaired) electrons. The number of anilines is 2. The Hall–Kier alpha value is -2.66. The van der Waals surface area contributed by atoms with Crippen LogP contribution in [0.25, 0.3) is 0 Å². The Balaban J connectivity index is 2.05. The smallest absolute Gasteiger partial charge is 0.421 e. The van der Waals surface area contributed by atoms with Crippen molar-refractivity contribution >= 4 is 68.2 Å². The van der Waals surface area contributed by atoms with Gasteiger partial charge in [0, 0.05) is 18.5 Å². The molecule has 0 aliphatic rings. The Kier molecular flexibility index (Phi) is 11.2. The zero-order valence-electron chi connectivity index (χ0n) is 19.6. The van der Waals surface area contributed by atoms with Crippen molar-refractivity contribution in [2.75, 3.05) is 36.9 Å². The minimum absolute atomic E-state index is 0.0122. The number of alkyl halides is 1. The molecular weight excluding hydrogens is 555 g/mol. The van der Waals surface area contributed by atoms with Gasteiger partial charge in [-0.3, -0.25) is 9.69 Å². The van der Waals surface area contributed by atoms with E-state index in [1.54, 1.807) is 41.1 Å². The summed E-state index contributed by atoms with van der Waals surface area (Å²) in [6.07, 6.45) is 0.353. The van der Waals surface area contributed by atoms with Crippen LogP contribution in [0, 0.1) is 0 Å². The van der Waals surface area contributed by atoms with Crippen LogP contribution < -0.4 is 19.1 Å². The fourth-order valence-corrected chi connectivity index (χ4v) is 3.88. The van der Waals surface area contributed by atoms with Gasteiger partial charge in [0.15, 0.2) is 5.75 Å². The normalized spacial score (nSPS) is 10.9. The summed E-state index contributed by atoms with van der Waals surface area (Å²) in [5.41, 5.74) is 1.39. The fourth-order valence-electron chi connectivity index (χ4n) is 2.82. The Morgan fingerprint density at radius 1 is 1.03 bits per heavy atom. The molecule has 0 saturated heterocycles.